The minimum Gasteiger partial charge on any atom is -0.497 e. The van der Waals surface area contributed by atoms with Gasteiger partial charge in [-0.15, -0.1) is 0 Å². The zero-order chi connectivity index (χ0) is 17.5. The van der Waals surface area contributed by atoms with Crippen LogP contribution in [0.3, 0.4) is 0 Å². The average molecular weight is 332 g/mol. The van der Waals surface area contributed by atoms with Gasteiger partial charge in [-0.2, -0.15) is 0 Å². The first-order valence-electron chi connectivity index (χ1n) is 7.09. The van der Waals surface area contributed by atoms with Crippen molar-refractivity contribution < 1.29 is 23.5 Å². The third-order valence-electron chi connectivity index (χ3n) is 3.18. The molecule has 2 N–H and O–H groups in total. The van der Waals surface area contributed by atoms with Gasteiger partial charge >= 0.3 is 0 Å². The Morgan fingerprint density at radius 3 is 2.54 bits per heavy atom. The lowest BCUT2D eigenvalue weighted by Gasteiger charge is -2.12. The van der Waals surface area contributed by atoms with Gasteiger partial charge in [0.1, 0.15) is 17.3 Å². The smallest absolute Gasteiger partial charge is 0.251 e. The molecule has 0 radical (unpaired) electrons. The number of ether oxygens (including phenoxy) is 2. The quantitative estimate of drug-likeness (QED) is 0.850. The minimum atomic E-state index is -0.536. The molecule has 0 aliphatic carbocycles. The van der Waals surface area contributed by atoms with Gasteiger partial charge in [-0.3, -0.25) is 9.59 Å². The Bertz CT molecular complexity index is 749. The summed E-state index contributed by atoms with van der Waals surface area (Å²) in [6, 6.07) is 10.1. The van der Waals surface area contributed by atoms with Crippen LogP contribution in [0.15, 0.2) is 42.5 Å². The SMILES string of the molecule is COc1ccc(NC(=O)CNC(=O)c2cccc(F)c2)c(OC)c1. The molecule has 126 valence electrons. The van der Waals surface area contributed by atoms with Crippen molar-refractivity contribution in [2.24, 2.45) is 0 Å². The van der Waals surface area contributed by atoms with Crippen LogP contribution in [0.4, 0.5) is 10.1 Å². The molecule has 0 atom stereocenters. The second kappa shape index (κ2) is 7.96. The van der Waals surface area contributed by atoms with Crippen molar-refractivity contribution in [3.05, 3.63) is 53.8 Å². The number of carbonyl (C=O) groups is 2. The maximum atomic E-state index is 13.1. The van der Waals surface area contributed by atoms with E-state index in [-0.39, 0.29) is 12.1 Å². The molecule has 0 aliphatic rings. The molecule has 0 heterocycles. The number of amides is 2. The number of hydrogen-bond donors (Lipinski definition) is 2. The van der Waals surface area contributed by atoms with Gasteiger partial charge in [-0.1, -0.05) is 6.07 Å². The lowest BCUT2D eigenvalue weighted by atomic mass is 10.2. The molecule has 0 saturated carbocycles. The van der Waals surface area contributed by atoms with Crippen LogP contribution in [0.2, 0.25) is 0 Å². The van der Waals surface area contributed by atoms with E-state index in [1.165, 1.54) is 32.4 Å². The summed E-state index contributed by atoms with van der Waals surface area (Å²) in [7, 11) is 2.99. The first-order valence-corrected chi connectivity index (χ1v) is 7.09. The summed E-state index contributed by atoms with van der Waals surface area (Å²) in [6.07, 6.45) is 0. The number of nitrogens with one attached hydrogen (secondary N) is 2. The predicted molar refractivity (Wildman–Crippen MR) is 86.9 cm³/mol. The van der Waals surface area contributed by atoms with Gasteiger partial charge in [0.2, 0.25) is 5.91 Å². The highest BCUT2D eigenvalue weighted by Crippen LogP contribution is 2.28. The molecular weight excluding hydrogens is 315 g/mol. The molecule has 7 heteroatoms. The van der Waals surface area contributed by atoms with Gasteiger partial charge in [0.05, 0.1) is 26.5 Å². The number of halogens is 1. The minimum absolute atomic E-state index is 0.143. The van der Waals surface area contributed by atoms with Gasteiger partial charge < -0.3 is 20.1 Å². The Balaban J connectivity index is 1.95. The van der Waals surface area contributed by atoms with Crippen molar-refractivity contribution in [3.63, 3.8) is 0 Å². The topological polar surface area (TPSA) is 76.7 Å². The molecule has 6 nitrogen and oxygen atoms in total. The van der Waals surface area contributed by atoms with Crippen LogP contribution in [0.5, 0.6) is 11.5 Å². The third kappa shape index (κ3) is 4.45. The fourth-order valence-corrected chi connectivity index (χ4v) is 1.99. The zero-order valence-corrected chi connectivity index (χ0v) is 13.3. The van der Waals surface area contributed by atoms with E-state index in [0.717, 1.165) is 6.07 Å². The molecule has 2 aromatic carbocycles. The second-order valence-corrected chi connectivity index (χ2v) is 4.81. The second-order valence-electron chi connectivity index (χ2n) is 4.81. The summed E-state index contributed by atoms with van der Waals surface area (Å²) in [5.41, 5.74) is 0.591. The van der Waals surface area contributed by atoms with Crippen molar-refractivity contribution in [2.75, 3.05) is 26.1 Å². The van der Waals surface area contributed by atoms with Crippen molar-refractivity contribution in [1.82, 2.24) is 5.32 Å². The fourth-order valence-electron chi connectivity index (χ4n) is 1.99. The zero-order valence-electron chi connectivity index (χ0n) is 13.3. The summed E-state index contributed by atoms with van der Waals surface area (Å²) in [5, 5.41) is 5.05. The Morgan fingerprint density at radius 1 is 1.08 bits per heavy atom. The number of benzene rings is 2. The summed E-state index contributed by atoms with van der Waals surface area (Å²) in [6.45, 7) is -0.259. The third-order valence-corrected chi connectivity index (χ3v) is 3.18. The first kappa shape index (κ1) is 17.3. The molecule has 0 spiro atoms. The van der Waals surface area contributed by atoms with Gasteiger partial charge in [0, 0.05) is 11.6 Å². The van der Waals surface area contributed by atoms with E-state index in [1.54, 1.807) is 18.2 Å². The van der Waals surface area contributed by atoms with Crippen LogP contribution in [-0.4, -0.2) is 32.6 Å². The van der Waals surface area contributed by atoms with Crippen LogP contribution in [0.25, 0.3) is 0 Å². The Labute approximate surface area is 138 Å². The number of methoxy groups -OCH3 is 2. The summed E-state index contributed by atoms with van der Waals surface area (Å²) < 4.78 is 23.3. The lowest BCUT2D eigenvalue weighted by molar-refractivity contribution is -0.115. The molecule has 0 aliphatic heterocycles. The van der Waals surface area contributed by atoms with Gasteiger partial charge in [-0.25, -0.2) is 4.39 Å². The average Bonchev–Trinajstić information content (AvgIpc) is 2.60. The molecule has 0 aromatic heterocycles. The summed E-state index contributed by atoms with van der Waals surface area (Å²) >= 11 is 0. The standard InChI is InChI=1S/C17H17FN2O4/c1-23-13-6-7-14(15(9-13)24-2)20-16(21)10-19-17(22)11-4-3-5-12(18)8-11/h3-9H,10H2,1-2H3,(H,19,22)(H,20,21). The van der Waals surface area contributed by atoms with E-state index in [9.17, 15) is 14.0 Å². The summed E-state index contributed by atoms with van der Waals surface area (Å²) in [5.74, 6) is -0.479. The largest absolute Gasteiger partial charge is 0.497 e. The van der Waals surface area contributed by atoms with E-state index in [1.807, 2.05) is 0 Å². The highest BCUT2D eigenvalue weighted by atomic mass is 19.1. The van der Waals surface area contributed by atoms with E-state index in [2.05, 4.69) is 10.6 Å². The molecule has 24 heavy (non-hydrogen) atoms. The number of hydrogen-bond acceptors (Lipinski definition) is 4. The molecule has 2 amide bonds. The Kier molecular flexibility index (Phi) is 5.73. The molecule has 2 rings (SSSR count). The molecule has 0 saturated heterocycles. The number of carbonyl (C=O) groups excluding carboxylic acids is 2. The Morgan fingerprint density at radius 2 is 1.88 bits per heavy atom. The highest BCUT2D eigenvalue weighted by Gasteiger charge is 2.11. The summed E-state index contributed by atoms with van der Waals surface area (Å²) in [4.78, 5) is 23.8. The predicted octanol–water partition coefficient (Wildman–Crippen LogP) is 2.21. The van der Waals surface area contributed by atoms with Gasteiger partial charge in [-0.05, 0) is 30.3 Å². The van der Waals surface area contributed by atoms with Crippen molar-refractivity contribution in [1.29, 1.82) is 0 Å². The molecular formula is C17H17FN2O4. The monoisotopic (exact) mass is 332 g/mol. The normalized spacial score (nSPS) is 9.96. The van der Waals surface area contributed by atoms with Crippen LogP contribution >= 0.6 is 0 Å². The van der Waals surface area contributed by atoms with Crippen LogP contribution in [0.1, 0.15) is 10.4 Å². The van der Waals surface area contributed by atoms with E-state index < -0.39 is 17.6 Å². The van der Waals surface area contributed by atoms with Crippen LogP contribution in [-0.2, 0) is 4.79 Å². The maximum Gasteiger partial charge on any atom is 0.251 e. The highest BCUT2D eigenvalue weighted by molar-refractivity contribution is 5.99. The van der Waals surface area contributed by atoms with Gasteiger partial charge in [0.15, 0.2) is 0 Å². The fraction of sp³-hybridized carbons (Fsp3) is 0.176. The molecule has 0 fully saturated rings. The Hall–Kier alpha value is -3.09. The van der Waals surface area contributed by atoms with E-state index in [0.29, 0.717) is 17.2 Å². The molecule has 0 unspecified atom stereocenters. The van der Waals surface area contributed by atoms with Gasteiger partial charge in [0.25, 0.3) is 5.91 Å². The maximum absolute atomic E-state index is 13.1. The lowest BCUT2D eigenvalue weighted by Crippen LogP contribution is -2.32. The van der Waals surface area contributed by atoms with Crippen LogP contribution in [0, 0.1) is 5.82 Å². The van der Waals surface area contributed by atoms with E-state index in [4.69, 9.17) is 9.47 Å². The van der Waals surface area contributed by atoms with Crippen LogP contribution < -0.4 is 20.1 Å². The van der Waals surface area contributed by atoms with E-state index >= 15 is 0 Å². The van der Waals surface area contributed by atoms with Crippen molar-refractivity contribution in [3.8, 4) is 11.5 Å². The number of rotatable bonds is 6. The molecule has 0 bridgehead atoms. The first-order chi connectivity index (χ1) is 11.5. The molecule has 2 aromatic rings. The van der Waals surface area contributed by atoms with Crippen molar-refractivity contribution >= 4 is 17.5 Å². The van der Waals surface area contributed by atoms with Crippen molar-refractivity contribution in [2.45, 2.75) is 0 Å². The number of anilines is 1.